The predicted molar refractivity (Wildman–Crippen MR) is 147 cm³/mol. The number of hydrogen-bond acceptors (Lipinski definition) is 5. The molecule has 0 unspecified atom stereocenters. The Labute approximate surface area is 212 Å². The molecule has 0 bridgehead atoms. The first kappa shape index (κ1) is 22.9. The number of benzene rings is 2. The second-order valence-electron chi connectivity index (χ2n) is 10.3. The van der Waals surface area contributed by atoms with E-state index in [2.05, 4.69) is 88.3 Å². The number of fused-ring (bicyclic) bond motifs is 1. The van der Waals surface area contributed by atoms with Gasteiger partial charge >= 0.3 is 0 Å². The number of likely N-dealkylation sites (tertiary alicyclic amines) is 1. The van der Waals surface area contributed by atoms with E-state index in [4.69, 9.17) is 4.98 Å². The van der Waals surface area contributed by atoms with Crippen molar-refractivity contribution in [2.24, 2.45) is 0 Å². The highest BCUT2D eigenvalue weighted by molar-refractivity contribution is 7.18. The quantitative estimate of drug-likeness (QED) is 0.406. The second-order valence-corrected chi connectivity index (χ2v) is 11.3. The highest BCUT2D eigenvalue weighted by atomic mass is 32.1. The van der Waals surface area contributed by atoms with Gasteiger partial charge in [-0.2, -0.15) is 0 Å². The Hall–Kier alpha value is -2.51. The van der Waals surface area contributed by atoms with Crippen LogP contribution < -0.4 is 0 Å². The Bertz CT molecular complexity index is 1270. The molecule has 6 heteroatoms. The van der Waals surface area contributed by atoms with Gasteiger partial charge in [-0.25, -0.2) is 4.98 Å². The number of piperazine rings is 1. The lowest BCUT2D eigenvalue weighted by Crippen LogP contribution is -2.52. The normalized spacial score (nSPS) is 19.0. The Morgan fingerprint density at radius 3 is 2.37 bits per heavy atom. The van der Waals surface area contributed by atoms with Crippen LogP contribution in [0.5, 0.6) is 0 Å². The Morgan fingerprint density at radius 1 is 0.886 bits per heavy atom. The minimum absolute atomic E-state index is 0.798. The molecule has 6 rings (SSSR count). The van der Waals surface area contributed by atoms with Crippen molar-refractivity contribution in [2.75, 3.05) is 46.3 Å². The summed E-state index contributed by atoms with van der Waals surface area (Å²) in [4.78, 5) is 18.6. The number of aromatic nitrogens is 2. The van der Waals surface area contributed by atoms with E-state index in [0.29, 0.717) is 0 Å². The van der Waals surface area contributed by atoms with Crippen LogP contribution in [-0.4, -0.2) is 77.0 Å². The topological polar surface area (TPSA) is 38.4 Å². The van der Waals surface area contributed by atoms with Gasteiger partial charge in [-0.1, -0.05) is 36.4 Å². The number of para-hydroxylation sites is 1. The standard InChI is InChI=1S/C29H35N5S/c1-21-4-3-5-25-28(21)31-29(30-25)27-11-10-26(35-27)23-8-6-22(7-9-23)20-33-16-18-34(19-17-33)24-12-14-32(2)15-13-24/h3-11,24H,12-20H2,1-2H3,(H,30,31). The molecule has 35 heavy (non-hydrogen) atoms. The third kappa shape index (κ3) is 4.94. The molecule has 0 saturated carbocycles. The van der Waals surface area contributed by atoms with Crippen LogP contribution in [0, 0.1) is 6.92 Å². The van der Waals surface area contributed by atoms with E-state index >= 15 is 0 Å². The van der Waals surface area contributed by atoms with Gasteiger partial charge in [0.15, 0.2) is 0 Å². The van der Waals surface area contributed by atoms with Crippen molar-refractivity contribution < 1.29 is 0 Å². The Balaban J connectivity index is 1.07. The molecule has 182 valence electrons. The van der Waals surface area contributed by atoms with E-state index in [9.17, 15) is 0 Å². The fraction of sp³-hybridized carbons (Fsp3) is 0.414. The molecule has 0 spiro atoms. The molecule has 2 aromatic heterocycles. The summed E-state index contributed by atoms with van der Waals surface area (Å²) in [6.45, 7) is 10.5. The van der Waals surface area contributed by atoms with E-state index in [1.54, 1.807) is 11.3 Å². The average Bonchev–Trinajstić information content (AvgIpc) is 3.54. The minimum Gasteiger partial charge on any atom is -0.337 e. The lowest BCUT2D eigenvalue weighted by Gasteiger charge is -2.42. The molecule has 2 saturated heterocycles. The largest absolute Gasteiger partial charge is 0.337 e. The van der Waals surface area contributed by atoms with E-state index in [1.165, 1.54) is 78.6 Å². The summed E-state index contributed by atoms with van der Waals surface area (Å²) in [7, 11) is 2.25. The van der Waals surface area contributed by atoms with Crippen LogP contribution in [0.15, 0.2) is 54.6 Å². The highest BCUT2D eigenvalue weighted by Gasteiger charge is 2.26. The Kier molecular flexibility index (Phi) is 6.46. The first-order valence-corrected chi connectivity index (χ1v) is 13.7. The first-order chi connectivity index (χ1) is 17.1. The van der Waals surface area contributed by atoms with Crippen LogP contribution in [-0.2, 0) is 6.54 Å². The van der Waals surface area contributed by atoms with Crippen molar-refractivity contribution in [3.8, 4) is 21.1 Å². The number of hydrogen-bond donors (Lipinski definition) is 1. The molecule has 0 radical (unpaired) electrons. The minimum atomic E-state index is 0.798. The van der Waals surface area contributed by atoms with Crippen LogP contribution >= 0.6 is 11.3 Å². The highest BCUT2D eigenvalue weighted by Crippen LogP contribution is 2.34. The maximum Gasteiger partial charge on any atom is 0.148 e. The maximum absolute atomic E-state index is 4.85. The van der Waals surface area contributed by atoms with E-state index < -0.39 is 0 Å². The zero-order valence-electron chi connectivity index (χ0n) is 20.8. The van der Waals surface area contributed by atoms with E-state index in [1.807, 2.05) is 0 Å². The van der Waals surface area contributed by atoms with Crippen molar-refractivity contribution in [1.82, 2.24) is 24.7 Å². The van der Waals surface area contributed by atoms with E-state index in [0.717, 1.165) is 29.4 Å². The zero-order valence-corrected chi connectivity index (χ0v) is 21.7. The molecule has 4 heterocycles. The zero-order chi connectivity index (χ0) is 23.8. The number of imidazole rings is 1. The molecule has 2 aliphatic heterocycles. The van der Waals surface area contributed by atoms with Gasteiger partial charge in [-0.3, -0.25) is 9.80 Å². The van der Waals surface area contributed by atoms with Gasteiger partial charge in [0.2, 0.25) is 0 Å². The number of nitrogens with one attached hydrogen (secondary N) is 1. The van der Waals surface area contributed by atoms with E-state index in [-0.39, 0.29) is 0 Å². The summed E-state index contributed by atoms with van der Waals surface area (Å²) >= 11 is 1.80. The summed E-state index contributed by atoms with van der Waals surface area (Å²) in [5.74, 6) is 0.960. The van der Waals surface area contributed by atoms with Gasteiger partial charge < -0.3 is 9.88 Å². The van der Waals surface area contributed by atoms with Crippen molar-refractivity contribution in [2.45, 2.75) is 32.4 Å². The molecule has 2 fully saturated rings. The lowest BCUT2D eigenvalue weighted by molar-refractivity contribution is 0.0618. The van der Waals surface area contributed by atoms with Crippen molar-refractivity contribution in [3.63, 3.8) is 0 Å². The molecular formula is C29H35N5S. The van der Waals surface area contributed by atoms with Gasteiger partial charge in [0.25, 0.3) is 0 Å². The van der Waals surface area contributed by atoms with Gasteiger partial charge in [0.05, 0.1) is 15.9 Å². The molecule has 0 aliphatic carbocycles. The summed E-state index contributed by atoms with van der Waals surface area (Å²) in [5, 5.41) is 0. The number of H-pyrrole nitrogens is 1. The predicted octanol–water partition coefficient (Wildman–Crippen LogP) is 5.48. The number of aromatic amines is 1. The number of rotatable bonds is 5. The molecule has 2 aliphatic rings. The first-order valence-electron chi connectivity index (χ1n) is 12.9. The fourth-order valence-electron chi connectivity index (χ4n) is 5.59. The number of nitrogens with zero attached hydrogens (tertiary/aromatic N) is 4. The lowest BCUT2D eigenvalue weighted by atomic mass is 10.0. The van der Waals surface area contributed by atoms with Gasteiger partial charge in [0, 0.05) is 43.6 Å². The molecule has 0 amide bonds. The van der Waals surface area contributed by atoms with Crippen LogP contribution in [0.25, 0.3) is 32.2 Å². The number of thiophene rings is 1. The number of piperidine rings is 1. The summed E-state index contributed by atoms with van der Waals surface area (Å²) < 4.78 is 0. The summed E-state index contributed by atoms with van der Waals surface area (Å²) in [6.07, 6.45) is 2.66. The molecule has 4 aromatic rings. The third-order valence-corrected chi connectivity index (χ3v) is 8.95. The molecule has 5 nitrogen and oxygen atoms in total. The van der Waals surface area contributed by atoms with Gasteiger partial charge in [0.1, 0.15) is 5.82 Å². The van der Waals surface area contributed by atoms with Crippen LogP contribution in [0.2, 0.25) is 0 Å². The monoisotopic (exact) mass is 485 g/mol. The molecule has 2 aromatic carbocycles. The summed E-state index contributed by atoms with van der Waals surface area (Å²) in [6, 6.07) is 20.7. The molecule has 1 N–H and O–H groups in total. The average molecular weight is 486 g/mol. The third-order valence-electron chi connectivity index (χ3n) is 7.81. The summed E-state index contributed by atoms with van der Waals surface area (Å²) in [5.41, 5.74) is 6.07. The second kappa shape index (κ2) is 9.86. The van der Waals surface area contributed by atoms with Crippen molar-refractivity contribution in [1.29, 1.82) is 0 Å². The van der Waals surface area contributed by atoms with Crippen LogP contribution in [0.3, 0.4) is 0 Å². The van der Waals surface area contributed by atoms with Gasteiger partial charge in [-0.05, 0) is 74.8 Å². The molecular weight excluding hydrogens is 450 g/mol. The number of aryl methyl sites for hydroxylation is 1. The SMILES string of the molecule is Cc1cccc2[nH]c(-c3ccc(-c4ccc(CN5CCN(C6CCN(C)CC6)CC5)cc4)s3)nc12. The maximum atomic E-state index is 4.85. The van der Waals surface area contributed by atoms with Crippen molar-refractivity contribution in [3.05, 3.63) is 65.7 Å². The molecule has 0 atom stereocenters. The van der Waals surface area contributed by atoms with Gasteiger partial charge in [-0.15, -0.1) is 11.3 Å². The van der Waals surface area contributed by atoms with Crippen molar-refractivity contribution >= 4 is 22.4 Å². The Morgan fingerprint density at radius 2 is 1.63 bits per heavy atom. The van der Waals surface area contributed by atoms with Crippen LogP contribution in [0.1, 0.15) is 24.0 Å². The van der Waals surface area contributed by atoms with Crippen LogP contribution in [0.4, 0.5) is 0 Å². The smallest absolute Gasteiger partial charge is 0.148 e. The fourth-order valence-corrected chi connectivity index (χ4v) is 6.55.